The molecule has 0 saturated carbocycles. The van der Waals surface area contributed by atoms with E-state index in [1.54, 1.807) is 0 Å². The summed E-state index contributed by atoms with van der Waals surface area (Å²) in [5, 5.41) is 0. The zero-order valence-electron chi connectivity index (χ0n) is 11.6. The van der Waals surface area contributed by atoms with E-state index in [2.05, 4.69) is 38.2 Å². The first-order valence-corrected chi connectivity index (χ1v) is 6.60. The van der Waals surface area contributed by atoms with E-state index in [1.165, 1.54) is 44.9 Å². The second-order valence-electron chi connectivity index (χ2n) is 3.90. The summed E-state index contributed by atoms with van der Waals surface area (Å²) in [6.07, 6.45) is 14.0. The van der Waals surface area contributed by atoms with Crippen molar-refractivity contribution in [1.29, 1.82) is 0 Å². The van der Waals surface area contributed by atoms with Crippen molar-refractivity contribution < 1.29 is 0 Å². The van der Waals surface area contributed by atoms with Crippen LogP contribution in [0.4, 0.5) is 0 Å². The minimum Gasteiger partial charge on any atom is -0.384 e. The van der Waals surface area contributed by atoms with E-state index in [0.29, 0.717) is 0 Å². The molecule has 0 rings (SSSR count). The Kier molecular flexibility index (Phi) is 18.1. The van der Waals surface area contributed by atoms with Crippen LogP contribution in [0.25, 0.3) is 0 Å². The Morgan fingerprint density at radius 1 is 0.867 bits per heavy atom. The molecule has 0 saturated heterocycles. The van der Waals surface area contributed by atoms with Crippen LogP contribution >= 0.6 is 0 Å². The van der Waals surface area contributed by atoms with Gasteiger partial charge in [-0.1, -0.05) is 59.0 Å². The van der Waals surface area contributed by atoms with Crippen molar-refractivity contribution in [3.8, 4) is 0 Å². The Balaban J connectivity index is 0. The van der Waals surface area contributed by atoms with Gasteiger partial charge in [0.05, 0.1) is 0 Å². The quantitative estimate of drug-likeness (QED) is 0.522. The SMILES string of the molecule is CC.CCCCCCCCC=CN(C)C. The molecule has 0 unspecified atom stereocenters. The molecule has 0 radical (unpaired) electrons. The van der Waals surface area contributed by atoms with Crippen LogP contribution in [0.5, 0.6) is 0 Å². The lowest BCUT2D eigenvalue weighted by atomic mass is 10.1. The average Bonchev–Trinajstić information content (AvgIpc) is 2.24. The fourth-order valence-electron chi connectivity index (χ4n) is 1.33. The number of allylic oxidation sites excluding steroid dienone is 1. The van der Waals surface area contributed by atoms with Gasteiger partial charge in [-0.2, -0.15) is 0 Å². The molecule has 0 heterocycles. The van der Waals surface area contributed by atoms with Gasteiger partial charge in [0.15, 0.2) is 0 Å². The third-order valence-corrected chi connectivity index (χ3v) is 2.13. The van der Waals surface area contributed by atoms with E-state index in [4.69, 9.17) is 0 Å². The lowest BCUT2D eigenvalue weighted by Gasteiger charge is -2.02. The molecule has 0 aromatic rings. The molecular formula is C14H31N. The standard InChI is InChI=1S/C12H25N.C2H6/c1-4-5-6-7-8-9-10-11-12-13(2)3;1-2/h11-12H,4-10H2,1-3H3;1-2H3. The van der Waals surface area contributed by atoms with E-state index >= 15 is 0 Å². The van der Waals surface area contributed by atoms with Crippen LogP contribution in [0.15, 0.2) is 12.3 Å². The maximum Gasteiger partial charge on any atom is 0.00555 e. The molecule has 0 aliphatic rings. The van der Waals surface area contributed by atoms with Crippen LogP contribution in [-0.4, -0.2) is 19.0 Å². The molecule has 0 amide bonds. The van der Waals surface area contributed by atoms with Crippen molar-refractivity contribution >= 4 is 0 Å². The van der Waals surface area contributed by atoms with Gasteiger partial charge >= 0.3 is 0 Å². The normalized spacial score (nSPS) is 9.93. The Labute approximate surface area is 97.6 Å². The zero-order valence-corrected chi connectivity index (χ0v) is 11.6. The van der Waals surface area contributed by atoms with Gasteiger partial charge in [-0.15, -0.1) is 0 Å². The molecule has 0 atom stereocenters. The molecule has 0 aromatic carbocycles. The van der Waals surface area contributed by atoms with Crippen LogP contribution in [-0.2, 0) is 0 Å². The maximum atomic E-state index is 2.26. The molecule has 92 valence electrons. The highest BCUT2D eigenvalue weighted by Gasteiger charge is 1.87. The van der Waals surface area contributed by atoms with Crippen LogP contribution in [0.1, 0.15) is 65.7 Å². The number of unbranched alkanes of at least 4 members (excludes halogenated alkanes) is 6. The van der Waals surface area contributed by atoms with Gasteiger partial charge in [-0.25, -0.2) is 0 Å². The van der Waals surface area contributed by atoms with Crippen molar-refractivity contribution in [3.05, 3.63) is 12.3 Å². The lowest BCUT2D eigenvalue weighted by molar-refractivity contribution is 0.557. The van der Waals surface area contributed by atoms with E-state index in [1.807, 2.05) is 13.8 Å². The molecule has 0 spiro atoms. The summed E-state index contributed by atoms with van der Waals surface area (Å²) in [5.74, 6) is 0. The van der Waals surface area contributed by atoms with Crippen molar-refractivity contribution in [2.24, 2.45) is 0 Å². The predicted molar refractivity (Wildman–Crippen MR) is 72.2 cm³/mol. The largest absolute Gasteiger partial charge is 0.384 e. The van der Waals surface area contributed by atoms with Gasteiger partial charge in [0.2, 0.25) is 0 Å². The average molecular weight is 213 g/mol. The number of hydrogen-bond donors (Lipinski definition) is 0. The van der Waals surface area contributed by atoms with Crippen LogP contribution in [0, 0.1) is 0 Å². The molecule has 1 heteroatoms. The van der Waals surface area contributed by atoms with Crippen LogP contribution < -0.4 is 0 Å². The summed E-state index contributed by atoms with van der Waals surface area (Å²) in [6, 6.07) is 0. The summed E-state index contributed by atoms with van der Waals surface area (Å²) in [5.41, 5.74) is 0. The van der Waals surface area contributed by atoms with Crippen molar-refractivity contribution in [2.45, 2.75) is 65.7 Å². The minimum atomic E-state index is 1.24. The summed E-state index contributed by atoms with van der Waals surface area (Å²) in [7, 11) is 4.13. The van der Waals surface area contributed by atoms with Crippen molar-refractivity contribution in [1.82, 2.24) is 4.90 Å². The van der Waals surface area contributed by atoms with Gasteiger partial charge in [-0.05, 0) is 19.0 Å². The monoisotopic (exact) mass is 213 g/mol. The van der Waals surface area contributed by atoms with Crippen molar-refractivity contribution in [3.63, 3.8) is 0 Å². The smallest absolute Gasteiger partial charge is 0.00555 e. The van der Waals surface area contributed by atoms with E-state index in [-0.39, 0.29) is 0 Å². The van der Waals surface area contributed by atoms with Gasteiger partial charge in [0.1, 0.15) is 0 Å². The molecule has 1 nitrogen and oxygen atoms in total. The van der Waals surface area contributed by atoms with E-state index < -0.39 is 0 Å². The molecule has 0 aliphatic heterocycles. The van der Waals surface area contributed by atoms with Crippen molar-refractivity contribution in [2.75, 3.05) is 14.1 Å². The fourth-order valence-corrected chi connectivity index (χ4v) is 1.33. The highest BCUT2D eigenvalue weighted by molar-refractivity contribution is 4.78. The highest BCUT2D eigenvalue weighted by Crippen LogP contribution is 2.06. The third-order valence-electron chi connectivity index (χ3n) is 2.13. The lowest BCUT2D eigenvalue weighted by Crippen LogP contribution is -1.99. The zero-order chi connectivity index (χ0) is 11.9. The third kappa shape index (κ3) is 19.8. The fraction of sp³-hybridized carbons (Fsp3) is 0.857. The predicted octanol–water partition coefficient (Wildman–Crippen LogP) is 4.84. The minimum absolute atomic E-state index is 1.24. The van der Waals surface area contributed by atoms with Gasteiger partial charge < -0.3 is 4.90 Å². The first kappa shape index (κ1) is 17.0. The Morgan fingerprint density at radius 3 is 1.93 bits per heavy atom. The molecule has 0 aliphatic carbocycles. The highest BCUT2D eigenvalue weighted by atomic mass is 15.0. The van der Waals surface area contributed by atoms with E-state index in [9.17, 15) is 0 Å². The first-order valence-electron chi connectivity index (χ1n) is 6.60. The summed E-state index contributed by atoms with van der Waals surface area (Å²) in [6.45, 7) is 6.26. The topological polar surface area (TPSA) is 3.24 Å². The Bertz CT molecular complexity index is 117. The Morgan fingerprint density at radius 2 is 1.40 bits per heavy atom. The van der Waals surface area contributed by atoms with Gasteiger partial charge in [-0.3, -0.25) is 0 Å². The molecule has 0 bridgehead atoms. The Hall–Kier alpha value is -0.460. The van der Waals surface area contributed by atoms with Gasteiger partial charge in [0, 0.05) is 14.1 Å². The number of nitrogens with zero attached hydrogens (tertiary/aromatic N) is 1. The van der Waals surface area contributed by atoms with Gasteiger partial charge in [0.25, 0.3) is 0 Å². The summed E-state index contributed by atoms with van der Waals surface area (Å²) in [4.78, 5) is 2.09. The summed E-state index contributed by atoms with van der Waals surface area (Å²) >= 11 is 0. The van der Waals surface area contributed by atoms with E-state index in [0.717, 1.165) is 0 Å². The second-order valence-corrected chi connectivity index (χ2v) is 3.90. The first-order chi connectivity index (χ1) is 7.27. The molecular weight excluding hydrogens is 182 g/mol. The summed E-state index contributed by atoms with van der Waals surface area (Å²) < 4.78 is 0. The van der Waals surface area contributed by atoms with Crippen LogP contribution in [0.3, 0.4) is 0 Å². The number of hydrogen-bond acceptors (Lipinski definition) is 1. The molecule has 0 fully saturated rings. The molecule has 15 heavy (non-hydrogen) atoms. The molecule has 0 N–H and O–H groups in total. The maximum absolute atomic E-state index is 2.26. The number of rotatable bonds is 8. The second kappa shape index (κ2) is 16.0. The van der Waals surface area contributed by atoms with Crippen LogP contribution in [0.2, 0.25) is 0 Å². The molecule has 0 aromatic heterocycles.